The van der Waals surface area contributed by atoms with Crippen molar-refractivity contribution in [3.63, 3.8) is 0 Å². The van der Waals surface area contributed by atoms with Gasteiger partial charge >= 0.3 is 0 Å². The third-order valence-electron chi connectivity index (χ3n) is 7.25. The van der Waals surface area contributed by atoms with Gasteiger partial charge in [0.25, 0.3) is 0 Å². The largest absolute Gasteiger partial charge is 0.497 e. The Balaban J connectivity index is 2.80. The highest BCUT2D eigenvalue weighted by Gasteiger charge is 2.54. The topological polar surface area (TPSA) is 177 Å². The normalized spacial score (nSPS) is 16.6. The molecular formula is C30H44O12. The highest BCUT2D eigenvalue weighted by Crippen LogP contribution is 2.43. The molecule has 0 saturated heterocycles. The maximum Gasteiger partial charge on any atom is 0.164 e. The van der Waals surface area contributed by atoms with Gasteiger partial charge in [0.2, 0.25) is 0 Å². The second-order valence-electron chi connectivity index (χ2n) is 9.86. The zero-order valence-electron chi connectivity index (χ0n) is 25.2. The Morgan fingerprint density at radius 3 is 1.57 bits per heavy atom. The van der Waals surface area contributed by atoms with Crippen LogP contribution in [0.1, 0.15) is 24.5 Å². The molecule has 0 saturated carbocycles. The minimum Gasteiger partial charge on any atom is -0.497 e. The number of hydrogen-bond acceptors (Lipinski definition) is 12. The summed E-state index contributed by atoms with van der Waals surface area (Å²) in [6.07, 6.45) is -4.03. The minimum atomic E-state index is -2.67. The van der Waals surface area contributed by atoms with E-state index in [1.54, 1.807) is 37.3 Å². The first-order valence-corrected chi connectivity index (χ1v) is 13.2. The molecule has 12 nitrogen and oxygen atoms in total. The number of ether oxygens (including phenoxy) is 6. The monoisotopic (exact) mass is 596 g/mol. The van der Waals surface area contributed by atoms with Crippen molar-refractivity contribution in [3.05, 3.63) is 47.5 Å². The number of aliphatic hydroxyl groups excluding tert-OH is 4. The number of rotatable bonds is 17. The average molecular weight is 597 g/mol. The van der Waals surface area contributed by atoms with E-state index in [4.69, 9.17) is 28.4 Å². The summed E-state index contributed by atoms with van der Waals surface area (Å²) in [4.78, 5) is 0. The van der Waals surface area contributed by atoms with Crippen molar-refractivity contribution in [1.29, 1.82) is 0 Å². The summed E-state index contributed by atoms with van der Waals surface area (Å²) >= 11 is 0. The predicted molar refractivity (Wildman–Crippen MR) is 154 cm³/mol. The van der Waals surface area contributed by atoms with Crippen LogP contribution >= 0.6 is 0 Å². The first-order valence-electron chi connectivity index (χ1n) is 13.2. The lowest BCUT2D eigenvalue weighted by molar-refractivity contribution is -0.228. The Morgan fingerprint density at radius 1 is 0.714 bits per heavy atom. The van der Waals surface area contributed by atoms with Gasteiger partial charge in [-0.2, -0.15) is 0 Å². The molecule has 0 spiro atoms. The van der Waals surface area contributed by atoms with Gasteiger partial charge in [-0.25, -0.2) is 0 Å². The van der Waals surface area contributed by atoms with Crippen molar-refractivity contribution >= 4 is 0 Å². The van der Waals surface area contributed by atoms with Crippen molar-refractivity contribution in [3.8, 4) is 34.5 Å². The van der Waals surface area contributed by atoms with Crippen LogP contribution in [0.15, 0.2) is 36.4 Å². The molecule has 0 fully saturated rings. The summed E-state index contributed by atoms with van der Waals surface area (Å²) in [5.41, 5.74) is -4.27. The van der Waals surface area contributed by atoms with Crippen molar-refractivity contribution in [2.45, 2.75) is 55.7 Å². The lowest BCUT2D eigenvalue weighted by Gasteiger charge is -2.46. The van der Waals surface area contributed by atoms with Crippen molar-refractivity contribution in [2.24, 2.45) is 0 Å². The smallest absolute Gasteiger partial charge is 0.164 e. The molecule has 1 unspecified atom stereocenters. The van der Waals surface area contributed by atoms with Crippen LogP contribution in [0.25, 0.3) is 0 Å². The van der Waals surface area contributed by atoms with E-state index >= 15 is 0 Å². The zero-order valence-corrected chi connectivity index (χ0v) is 25.2. The lowest BCUT2D eigenvalue weighted by Crippen LogP contribution is -2.66. The summed E-state index contributed by atoms with van der Waals surface area (Å²) in [5, 5.41) is 67.4. The molecule has 5 atom stereocenters. The number of methoxy groups -OCH3 is 6. The van der Waals surface area contributed by atoms with Crippen molar-refractivity contribution in [1.82, 2.24) is 0 Å². The van der Waals surface area contributed by atoms with Gasteiger partial charge in [-0.05, 0) is 25.5 Å². The summed E-state index contributed by atoms with van der Waals surface area (Å²) in [7, 11) is 8.49. The number of aliphatic hydroxyl groups is 6. The van der Waals surface area contributed by atoms with E-state index in [0.29, 0.717) is 22.8 Å². The van der Waals surface area contributed by atoms with Crippen LogP contribution in [0, 0.1) is 0 Å². The van der Waals surface area contributed by atoms with E-state index < -0.39 is 42.5 Å². The molecule has 0 bridgehead atoms. The molecule has 0 aliphatic carbocycles. The van der Waals surface area contributed by atoms with Crippen LogP contribution in [0.4, 0.5) is 0 Å². The second-order valence-corrected chi connectivity index (χ2v) is 9.86. The highest BCUT2D eigenvalue weighted by molar-refractivity contribution is 5.54. The van der Waals surface area contributed by atoms with Crippen molar-refractivity contribution in [2.75, 3.05) is 49.3 Å². The Morgan fingerprint density at radius 2 is 1.19 bits per heavy atom. The van der Waals surface area contributed by atoms with E-state index in [1.807, 2.05) is 0 Å². The summed E-state index contributed by atoms with van der Waals surface area (Å²) < 4.78 is 32.6. The number of allylic oxidation sites excluding steroid dienone is 1. The van der Waals surface area contributed by atoms with E-state index in [1.165, 1.54) is 48.7 Å². The van der Waals surface area contributed by atoms with Crippen LogP contribution < -0.4 is 28.4 Å². The van der Waals surface area contributed by atoms with Gasteiger partial charge in [0, 0.05) is 36.1 Å². The van der Waals surface area contributed by atoms with Gasteiger partial charge in [-0.1, -0.05) is 12.2 Å². The number of hydrogen-bond donors (Lipinski definition) is 6. The first kappa shape index (κ1) is 34.9. The second kappa shape index (κ2) is 15.3. The van der Waals surface area contributed by atoms with Crippen molar-refractivity contribution < 1.29 is 59.1 Å². The Bertz CT molecular complexity index is 1190. The van der Waals surface area contributed by atoms with Gasteiger partial charge in [0.15, 0.2) is 23.0 Å². The Kier molecular flexibility index (Phi) is 12.7. The fraction of sp³-hybridized carbons (Fsp3) is 0.533. The van der Waals surface area contributed by atoms with Crippen LogP contribution in [-0.2, 0) is 12.8 Å². The molecule has 12 heteroatoms. The molecule has 42 heavy (non-hydrogen) atoms. The molecule has 0 amide bonds. The Hall–Kier alpha value is -3.26. The van der Waals surface area contributed by atoms with Gasteiger partial charge in [-0.3, -0.25) is 0 Å². The minimum absolute atomic E-state index is 0.158. The lowest BCUT2D eigenvalue weighted by atomic mass is 9.71. The standard InChI is InChI=1S/C30H44O12/c1-8-9-10-29(35,15-18-11-20(37-2)13-23(39-4)25(18)41-6)28(34)30(36,27(33)22(32)17-31)16-19-12-21(38-3)14-24(40-5)26(19)42-7/h8-9,11-14,22,27-28,31-36H,10,15-17H2,1-7H3/b9-8+/t22-,27+,28+,29?,30+/m0/s1. The molecule has 0 aliphatic rings. The van der Waals surface area contributed by atoms with Gasteiger partial charge < -0.3 is 59.1 Å². The molecule has 2 aromatic rings. The molecule has 2 rings (SSSR count). The Labute approximate surface area is 246 Å². The fourth-order valence-corrected chi connectivity index (χ4v) is 5.03. The predicted octanol–water partition coefficient (Wildman–Crippen LogP) is 1.03. The molecule has 0 aromatic heterocycles. The molecule has 0 aliphatic heterocycles. The third kappa shape index (κ3) is 7.38. The van der Waals surface area contributed by atoms with E-state index in [9.17, 15) is 30.6 Å². The van der Waals surface area contributed by atoms with E-state index in [0.717, 1.165) is 0 Å². The van der Waals surface area contributed by atoms with Gasteiger partial charge in [-0.15, -0.1) is 0 Å². The van der Waals surface area contributed by atoms with Crippen LogP contribution in [0.2, 0.25) is 0 Å². The number of benzene rings is 2. The molecule has 2 aromatic carbocycles. The first-order chi connectivity index (χ1) is 19.9. The van der Waals surface area contributed by atoms with E-state index in [2.05, 4.69) is 0 Å². The molecule has 0 heterocycles. The molecule has 6 N–H and O–H groups in total. The van der Waals surface area contributed by atoms with Crippen LogP contribution in [-0.4, -0.2) is 109 Å². The maximum absolute atomic E-state index is 12.1. The molecule has 236 valence electrons. The van der Waals surface area contributed by atoms with E-state index in [-0.39, 0.29) is 35.7 Å². The molecular weight excluding hydrogens is 552 g/mol. The zero-order chi connectivity index (χ0) is 31.7. The quantitative estimate of drug-likeness (QED) is 0.143. The maximum atomic E-state index is 12.1. The van der Waals surface area contributed by atoms with Gasteiger partial charge in [0.1, 0.15) is 41.0 Å². The highest BCUT2D eigenvalue weighted by atomic mass is 16.5. The fourth-order valence-electron chi connectivity index (χ4n) is 5.03. The van der Waals surface area contributed by atoms with Gasteiger partial charge in [0.05, 0.1) is 49.3 Å². The van der Waals surface area contributed by atoms with Crippen LogP contribution in [0.3, 0.4) is 0 Å². The SMILES string of the molecule is C/C=C/CC(O)(Cc1cc(OC)cc(OC)c1OC)[C@@H](O)[C@@](O)(Cc1cc(OC)cc(OC)c1OC)[C@H](O)[C@@H](O)CO. The molecule has 0 radical (unpaired) electrons. The average Bonchev–Trinajstić information content (AvgIpc) is 3.01. The third-order valence-corrected chi connectivity index (χ3v) is 7.25. The summed E-state index contributed by atoms with van der Waals surface area (Å²) in [5.74, 6) is 1.64. The summed E-state index contributed by atoms with van der Waals surface area (Å²) in [6.45, 7) is 0.773. The summed E-state index contributed by atoms with van der Waals surface area (Å²) in [6, 6.07) is 6.21. The van der Waals surface area contributed by atoms with Crippen LogP contribution in [0.5, 0.6) is 34.5 Å².